The van der Waals surface area contributed by atoms with Crippen molar-refractivity contribution < 1.29 is 30.0 Å². The number of carbonyl (C=O) groups is 1. The number of nitrogens with zero attached hydrogens (tertiary/aromatic N) is 1. The van der Waals surface area contributed by atoms with Crippen molar-refractivity contribution in [1.82, 2.24) is 9.55 Å². The molecule has 1 fully saturated rings. The molecule has 0 bridgehead atoms. The summed E-state index contributed by atoms with van der Waals surface area (Å²) in [6.45, 7) is 0. The van der Waals surface area contributed by atoms with Crippen LogP contribution in [0.2, 0.25) is 0 Å². The first-order valence-corrected chi connectivity index (χ1v) is 6.23. The van der Waals surface area contributed by atoms with E-state index in [0.717, 1.165) is 16.8 Å². The largest absolute Gasteiger partial charge is 0.480 e. The molecule has 1 aromatic heterocycles. The zero-order chi connectivity index (χ0) is 16.6. The van der Waals surface area contributed by atoms with Crippen LogP contribution in [0.3, 0.4) is 0 Å². The Balaban J connectivity index is 2.28. The van der Waals surface area contributed by atoms with Gasteiger partial charge in [-0.05, 0) is 0 Å². The Morgan fingerprint density at radius 3 is 2.55 bits per heavy atom. The standard InChI is InChI=1S/C11H15N3O8/c12-4(10(19)20)5(16)8-6(17)7(18)9(22-8)14-2-1-3(15)13-11(14)21/h1-2,4-9,16-18H,12H2,(H,19,20)(H,13,15,21)/t4-,5-,6+,7-,8-,9-/m1/s1. The Morgan fingerprint density at radius 1 is 1.36 bits per heavy atom. The third-order valence-electron chi connectivity index (χ3n) is 3.39. The fraction of sp³-hybridized carbons (Fsp3) is 0.545. The molecule has 11 nitrogen and oxygen atoms in total. The Hall–Kier alpha value is -2.05. The number of rotatable bonds is 4. The number of aromatic amines is 1. The lowest BCUT2D eigenvalue weighted by atomic mass is 10.0. The number of carboxylic acids is 1. The summed E-state index contributed by atoms with van der Waals surface area (Å²) in [6, 6.07) is -0.755. The highest BCUT2D eigenvalue weighted by Gasteiger charge is 2.49. The molecule has 1 saturated heterocycles. The predicted molar refractivity (Wildman–Crippen MR) is 68.9 cm³/mol. The molecule has 0 aromatic carbocycles. The highest BCUT2D eigenvalue weighted by atomic mass is 16.6. The maximum Gasteiger partial charge on any atom is 0.330 e. The van der Waals surface area contributed by atoms with E-state index in [1.165, 1.54) is 0 Å². The van der Waals surface area contributed by atoms with Gasteiger partial charge in [0.25, 0.3) is 5.56 Å². The molecular weight excluding hydrogens is 302 g/mol. The van der Waals surface area contributed by atoms with Gasteiger partial charge in [-0.3, -0.25) is 19.1 Å². The van der Waals surface area contributed by atoms with Crippen molar-refractivity contribution in [1.29, 1.82) is 0 Å². The SMILES string of the molecule is N[C@@H](C(=O)O)[C@@H](O)[C@H]1O[C@@H](n2ccc(=O)[nH]c2=O)[C@H](O)[C@@H]1O. The lowest BCUT2D eigenvalue weighted by Crippen LogP contribution is -2.51. The van der Waals surface area contributed by atoms with Crippen LogP contribution in [0.25, 0.3) is 0 Å². The van der Waals surface area contributed by atoms with Crippen LogP contribution in [0.15, 0.2) is 21.9 Å². The van der Waals surface area contributed by atoms with Crippen LogP contribution in [0.4, 0.5) is 0 Å². The molecule has 0 spiro atoms. The summed E-state index contributed by atoms with van der Waals surface area (Å²) in [6.07, 6.45) is -7.03. The van der Waals surface area contributed by atoms with Crippen LogP contribution in [0, 0.1) is 0 Å². The first-order chi connectivity index (χ1) is 10.2. The first kappa shape index (κ1) is 16.3. The third-order valence-corrected chi connectivity index (χ3v) is 3.39. The maximum absolute atomic E-state index is 11.7. The van der Waals surface area contributed by atoms with Gasteiger partial charge in [0.1, 0.15) is 30.5 Å². The second kappa shape index (κ2) is 5.98. The predicted octanol–water partition coefficient (Wildman–Crippen LogP) is -4.07. The van der Waals surface area contributed by atoms with Crippen molar-refractivity contribution in [3.63, 3.8) is 0 Å². The summed E-state index contributed by atoms with van der Waals surface area (Å²) >= 11 is 0. The van der Waals surface area contributed by atoms with E-state index in [0.29, 0.717) is 0 Å². The van der Waals surface area contributed by atoms with Crippen LogP contribution in [-0.2, 0) is 9.53 Å². The molecule has 6 atom stereocenters. The number of aliphatic carboxylic acids is 1. The van der Waals surface area contributed by atoms with E-state index in [9.17, 15) is 29.7 Å². The average molecular weight is 317 g/mol. The number of hydrogen-bond acceptors (Lipinski definition) is 8. The number of carboxylic acid groups (broad SMARTS) is 1. The first-order valence-electron chi connectivity index (χ1n) is 6.23. The minimum absolute atomic E-state index is 0.668. The van der Waals surface area contributed by atoms with Crippen molar-refractivity contribution in [3.05, 3.63) is 33.1 Å². The lowest BCUT2D eigenvalue weighted by molar-refractivity contribution is -0.147. The van der Waals surface area contributed by atoms with E-state index < -0.39 is 53.9 Å². The van der Waals surface area contributed by atoms with Crippen molar-refractivity contribution >= 4 is 5.97 Å². The van der Waals surface area contributed by atoms with Crippen LogP contribution in [-0.4, -0.2) is 66.4 Å². The number of ether oxygens (including phenoxy) is 1. The van der Waals surface area contributed by atoms with Gasteiger partial charge < -0.3 is 30.9 Å². The molecule has 0 aliphatic carbocycles. The topological polar surface area (TPSA) is 188 Å². The van der Waals surface area contributed by atoms with Crippen LogP contribution in [0.1, 0.15) is 6.23 Å². The molecule has 0 radical (unpaired) electrons. The van der Waals surface area contributed by atoms with Crippen molar-refractivity contribution in [2.24, 2.45) is 5.73 Å². The highest BCUT2D eigenvalue weighted by Crippen LogP contribution is 2.30. The minimum Gasteiger partial charge on any atom is -0.480 e. The summed E-state index contributed by atoms with van der Waals surface area (Å²) in [5.74, 6) is -1.53. The highest BCUT2D eigenvalue weighted by molar-refractivity contribution is 5.74. The fourth-order valence-corrected chi connectivity index (χ4v) is 2.18. The summed E-state index contributed by atoms with van der Waals surface area (Å²) in [4.78, 5) is 35.3. The van der Waals surface area contributed by atoms with Gasteiger partial charge in [0.05, 0.1) is 0 Å². The molecule has 2 heterocycles. The van der Waals surface area contributed by atoms with Gasteiger partial charge in [-0.25, -0.2) is 4.79 Å². The van der Waals surface area contributed by atoms with E-state index in [4.69, 9.17) is 15.6 Å². The molecule has 1 aromatic rings. The average Bonchev–Trinajstić information content (AvgIpc) is 2.74. The Bertz CT molecular complexity index is 670. The van der Waals surface area contributed by atoms with Crippen LogP contribution >= 0.6 is 0 Å². The van der Waals surface area contributed by atoms with Gasteiger partial charge in [0.2, 0.25) is 0 Å². The summed E-state index contributed by atoms with van der Waals surface area (Å²) in [5.41, 5.74) is 3.67. The second-order valence-corrected chi connectivity index (χ2v) is 4.84. The molecule has 7 N–H and O–H groups in total. The van der Waals surface area contributed by atoms with E-state index in [1.54, 1.807) is 0 Å². The van der Waals surface area contributed by atoms with Gasteiger partial charge in [0.15, 0.2) is 6.23 Å². The number of aromatic nitrogens is 2. The number of aliphatic hydroxyl groups is 3. The number of nitrogens with one attached hydrogen (secondary N) is 1. The van der Waals surface area contributed by atoms with E-state index in [-0.39, 0.29) is 0 Å². The van der Waals surface area contributed by atoms with Gasteiger partial charge >= 0.3 is 11.7 Å². The van der Waals surface area contributed by atoms with E-state index in [2.05, 4.69) is 0 Å². The van der Waals surface area contributed by atoms with E-state index >= 15 is 0 Å². The van der Waals surface area contributed by atoms with Crippen LogP contribution in [0.5, 0.6) is 0 Å². The summed E-state index contributed by atoms with van der Waals surface area (Å²) in [7, 11) is 0. The lowest BCUT2D eigenvalue weighted by Gasteiger charge is -2.23. The van der Waals surface area contributed by atoms with Gasteiger partial charge in [-0.2, -0.15) is 0 Å². The number of hydrogen-bond donors (Lipinski definition) is 6. The summed E-state index contributed by atoms with van der Waals surface area (Å²) < 4.78 is 5.97. The fourth-order valence-electron chi connectivity index (χ4n) is 2.18. The van der Waals surface area contributed by atoms with E-state index in [1.807, 2.05) is 4.98 Å². The maximum atomic E-state index is 11.7. The molecule has 2 rings (SSSR count). The minimum atomic E-state index is -1.81. The quantitative estimate of drug-likeness (QED) is 0.321. The molecule has 22 heavy (non-hydrogen) atoms. The molecule has 1 aliphatic rings. The molecule has 0 saturated carbocycles. The summed E-state index contributed by atoms with van der Waals surface area (Å²) in [5, 5.41) is 38.3. The number of H-pyrrole nitrogens is 1. The monoisotopic (exact) mass is 317 g/mol. The van der Waals surface area contributed by atoms with Gasteiger partial charge in [-0.1, -0.05) is 0 Å². The van der Waals surface area contributed by atoms with Crippen molar-refractivity contribution in [2.75, 3.05) is 0 Å². The number of aliphatic hydroxyl groups excluding tert-OH is 3. The Labute approximate surface area is 122 Å². The van der Waals surface area contributed by atoms with Crippen molar-refractivity contribution in [3.8, 4) is 0 Å². The molecular formula is C11H15N3O8. The normalized spacial score (nSPS) is 30.9. The van der Waals surface area contributed by atoms with Crippen molar-refractivity contribution in [2.45, 2.75) is 36.7 Å². The Morgan fingerprint density at radius 2 is 2.00 bits per heavy atom. The van der Waals surface area contributed by atoms with Crippen LogP contribution < -0.4 is 17.0 Å². The molecule has 122 valence electrons. The molecule has 0 unspecified atom stereocenters. The van der Waals surface area contributed by atoms with Gasteiger partial charge in [-0.15, -0.1) is 0 Å². The molecule has 1 aliphatic heterocycles. The smallest absolute Gasteiger partial charge is 0.330 e. The third kappa shape index (κ3) is 2.80. The van der Waals surface area contributed by atoms with Gasteiger partial charge in [0, 0.05) is 12.3 Å². The Kier molecular flexibility index (Phi) is 4.44. The molecule has 0 amide bonds. The zero-order valence-corrected chi connectivity index (χ0v) is 11.1. The molecule has 11 heteroatoms. The number of nitrogens with two attached hydrogens (primary N) is 1. The second-order valence-electron chi connectivity index (χ2n) is 4.84. The zero-order valence-electron chi connectivity index (χ0n) is 11.1.